The number of para-hydroxylation sites is 1. The molecule has 1 saturated heterocycles. The molecule has 9 heteroatoms. The Hall–Kier alpha value is -3.36. The lowest BCUT2D eigenvalue weighted by atomic mass is 9.98. The lowest BCUT2D eigenvalue weighted by Gasteiger charge is -2.16. The van der Waals surface area contributed by atoms with Gasteiger partial charge in [-0.25, -0.2) is 4.79 Å². The van der Waals surface area contributed by atoms with E-state index in [-0.39, 0.29) is 23.4 Å². The van der Waals surface area contributed by atoms with Gasteiger partial charge in [-0.05, 0) is 48.6 Å². The van der Waals surface area contributed by atoms with Crippen LogP contribution in [0.15, 0.2) is 47.0 Å². The van der Waals surface area contributed by atoms with E-state index in [1.807, 2.05) is 18.2 Å². The van der Waals surface area contributed by atoms with E-state index in [1.54, 1.807) is 23.1 Å². The minimum absolute atomic E-state index is 0.0333. The van der Waals surface area contributed by atoms with Gasteiger partial charge in [0, 0.05) is 13.1 Å². The van der Waals surface area contributed by atoms with Crippen molar-refractivity contribution < 1.29 is 27.6 Å². The Balaban J connectivity index is 1.21. The number of hydrogen-bond donors (Lipinski definition) is 1. The number of carbonyl (C=O) groups is 1. The SMILES string of the molecule is O=C(Nc1noc2ccccc12)N1CCC(Cc2ccc3c(c2)OC(F)(F)O3)C1. The fraction of sp³-hybridized carbons (Fsp3) is 0.300. The van der Waals surface area contributed by atoms with E-state index in [1.165, 1.54) is 6.07 Å². The molecule has 2 aliphatic heterocycles. The molecular weight excluding hydrogens is 384 g/mol. The molecule has 0 saturated carbocycles. The van der Waals surface area contributed by atoms with Crippen LogP contribution in [0, 0.1) is 5.92 Å². The van der Waals surface area contributed by atoms with Crippen molar-refractivity contribution in [2.24, 2.45) is 5.92 Å². The zero-order chi connectivity index (χ0) is 20.0. The van der Waals surface area contributed by atoms with Crippen LogP contribution in [0.3, 0.4) is 0 Å². The van der Waals surface area contributed by atoms with Crippen molar-refractivity contribution >= 4 is 22.8 Å². The van der Waals surface area contributed by atoms with Gasteiger partial charge in [0.05, 0.1) is 5.39 Å². The number of aromatic nitrogens is 1. The van der Waals surface area contributed by atoms with Crippen molar-refractivity contribution in [1.82, 2.24) is 10.1 Å². The summed E-state index contributed by atoms with van der Waals surface area (Å²) in [6.45, 7) is 1.17. The van der Waals surface area contributed by atoms with Gasteiger partial charge in [-0.1, -0.05) is 23.4 Å². The third kappa shape index (κ3) is 3.43. The summed E-state index contributed by atoms with van der Waals surface area (Å²) in [5.41, 5.74) is 1.47. The highest BCUT2D eigenvalue weighted by atomic mass is 19.3. The lowest BCUT2D eigenvalue weighted by Crippen LogP contribution is -2.33. The topological polar surface area (TPSA) is 76.8 Å². The summed E-state index contributed by atoms with van der Waals surface area (Å²) in [5.74, 6) is 0.686. The highest BCUT2D eigenvalue weighted by Gasteiger charge is 2.43. The largest absolute Gasteiger partial charge is 0.586 e. The lowest BCUT2D eigenvalue weighted by molar-refractivity contribution is -0.286. The molecule has 1 aromatic heterocycles. The second-order valence-corrected chi connectivity index (χ2v) is 7.21. The van der Waals surface area contributed by atoms with E-state index < -0.39 is 6.29 Å². The van der Waals surface area contributed by atoms with Gasteiger partial charge in [-0.2, -0.15) is 0 Å². The number of likely N-dealkylation sites (tertiary alicyclic amines) is 1. The Morgan fingerprint density at radius 3 is 2.93 bits per heavy atom. The van der Waals surface area contributed by atoms with E-state index in [9.17, 15) is 13.6 Å². The summed E-state index contributed by atoms with van der Waals surface area (Å²) >= 11 is 0. The molecule has 1 fully saturated rings. The first-order valence-corrected chi connectivity index (χ1v) is 9.26. The smallest absolute Gasteiger partial charge is 0.395 e. The quantitative estimate of drug-likeness (QED) is 0.710. The van der Waals surface area contributed by atoms with Crippen LogP contribution >= 0.6 is 0 Å². The summed E-state index contributed by atoms with van der Waals surface area (Å²) in [6, 6.07) is 11.9. The molecule has 1 N–H and O–H groups in total. The average Bonchev–Trinajstić information content (AvgIpc) is 3.38. The predicted molar refractivity (Wildman–Crippen MR) is 99.1 cm³/mol. The van der Waals surface area contributed by atoms with Crippen LogP contribution in [0.2, 0.25) is 0 Å². The number of anilines is 1. The average molecular weight is 401 g/mol. The van der Waals surface area contributed by atoms with Crippen LogP contribution in [0.1, 0.15) is 12.0 Å². The van der Waals surface area contributed by atoms with Gasteiger partial charge in [0.25, 0.3) is 0 Å². The molecule has 1 unspecified atom stereocenters. The van der Waals surface area contributed by atoms with Crippen LogP contribution < -0.4 is 14.8 Å². The molecule has 0 radical (unpaired) electrons. The summed E-state index contributed by atoms with van der Waals surface area (Å²) in [7, 11) is 0. The molecule has 2 aromatic carbocycles. The molecule has 5 rings (SSSR count). The standard InChI is InChI=1S/C20H17F2N3O4/c21-20(22)27-16-6-5-12(10-17(16)28-20)9-13-7-8-25(11-13)19(26)23-18-14-3-1-2-4-15(14)29-24-18/h1-6,10,13H,7-9,11H2,(H,23,24,26). The predicted octanol–water partition coefficient (Wildman–Crippen LogP) is 4.25. The second kappa shape index (κ2) is 6.61. The Bertz CT molecular complexity index is 1080. The number of halogens is 2. The van der Waals surface area contributed by atoms with E-state index in [0.717, 1.165) is 17.4 Å². The number of urea groups is 1. The minimum atomic E-state index is -3.62. The fourth-order valence-electron chi connectivity index (χ4n) is 3.79. The molecule has 150 valence electrons. The monoisotopic (exact) mass is 401 g/mol. The van der Waals surface area contributed by atoms with E-state index in [0.29, 0.717) is 30.9 Å². The van der Waals surface area contributed by atoms with Gasteiger partial charge < -0.3 is 18.9 Å². The number of hydrogen-bond acceptors (Lipinski definition) is 5. The first kappa shape index (κ1) is 17.7. The van der Waals surface area contributed by atoms with Gasteiger partial charge in [0.1, 0.15) is 0 Å². The van der Waals surface area contributed by atoms with Crippen LogP contribution in [0.25, 0.3) is 11.0 Å². The van der Waals surface area contributed by atoms with Crippen LogP contribution in [-0.4, -0.2) is 35.5 Å². The number of nitrogens with one attached hydrogen (secondary N) is 1. The number of alkyl halides is 2. The molecule has 7 nitrogen and oxygen atoms in total. The van der Waals surface area contributed by atoms with Crippen LogP contribution in [0.4, 0.5) is 19.4 Å². The van der Waals surface area contributed by atoms with Crippen molar-refractivity contribution in [2.45, 2.75) is 19.1 Å². The molecule has 29 heavy (non-hydrogen) atoms. The van der Waals surface area contributed by atoms with Crippen molar-refractivity contribution in [2.75, 3.05) is 18.4 Å². The van der Waals surface area contributed by atoms with Crippen LogP contribution in [-0.2, 0) is 6.42 Å². The van der Waals surface area contributed by atoms with Crippen molar-refractivity contribution in [3.63, 3.8) is 0 Å². The number of fused-ring (bicyclic) bond motifs is 2. The summed E-state index contributed by atoms with van der Waals surface area (Å²) < 4.78 is 40.4. The van der Waals surface area contributed by atoms with Gasteiger partial charge >= 0.3 is 12.3 Å². The van der Waals surface area contributed by atoms with Gasteiger partial charge in [-0.15, -0.1) is 8.78 Å². The Morgan fingerprint density at radius 2 is 2.03 bits per heavy atom. The van der Waals surface area contributed by atoms with Gasteiger partial charge in [0.15, 0.2) is 22.9 Å². The number of amides is 2. The number of rotatable bonds is 3. The zero-order valence-electron chi connectivity index (χ0n) is 15.2. The van der Waals surface area contributed by atoms with Crippen LogP contribution in [0.5, 0.6) is 11.5 Å². The third-order valence-electron chi connectivity index (χ3n) is 5.17. The molecule has 2 amide bonds. The van der Waals surface area contributed by atoms with Crippen molar-refractivity contribution in [3.05, 3.63) is 48.0 Å². The first-order valence-electron chi connectivity index (χ1n) is 9.26. The maximum atomic E-state index is 13.2. The maximum absolute atomic E-state index is 13.2. The third-order valence-corrected chi connectivity index (χ3v) is 5.17. The van der Waals surface area contributed by atoms with E-state index in [2.05, 4.69) is 19.9 Å². The molecule has 3 aromatic rings. The molecule has 3 heterocycles. The fourth-order valence-corrected chi connectivity index (χ4v) is 3.79. The Kier molecular flexibility index (Phi) is 4.04. The Morgan fingerprint density at radius 1 is 1.21 bits per heavy atom. The van der Waals surface area contributed by atoms with Gasteiger partial charge in [0.2, 0.25) is 0 Å². The molecule has 0 bridgehead atoms. The van der Waals surface area contributed by atoms with Gasteiger partial charge in [-0.3, -0.25) is 5.32 Å². The number of nitrogens with zero attached hydrogens (tertiary/aromatic N) is 2. The van der Waals surface area contributed by atoms with E-state index in [4.69, 9.17) is 4.52 Å². The van der Waals surface area contributed by atoms with Crippen molar-refractivity contribution in [3.8, 4) is 11.5 Å². The summed E-state index contributed by atoms with van der Waals surface area (Å²) in [5, 5.41) is 7.46. The summed E-state index contributed by atoms with van der Waals surface area (Å²) in [4.78, 5) is 14.3. The molecule has 0 spiro atoms. The highest BCUT2D eigenvalue weighted by molar-refractivity contribution is 5.98. The zero-order valence-corrected chi connectivity index (χ0v) is 15.2. The molecule has 2 aliphatic rings. The number of benzene rings is 2. The normalized spacial score (nSPS) is 19.7. The van der Waals surface area contributed by atoms with Crippen molar-refractivity contribution in [1.29, 1.82) is 0 Å². The Labute approximate surface area is 164 Å². The maximum Gasteiger partial charge on any atom is 0.586 e. The minimum Gasteiger partial charge on any atom is -0.395 e. The molecule has 0 aliphatic carbocycles. The molecular formula is C20H17F2N3O4. The van der Waals surface area contributed by atoms with E-state index >= 15 is 0 Å². The number of carbonyl (C=O) groups excluding carboxylic acids is 1. The highest BCUT2D eigenvalue weighted by Crippen LogP contribution is 2.41. The second-order valence-electron chi connectivity index (χ2n) is 7.21. The number of ether oxygens (including phenoxy) is 2. The molecule has 1 atom stereocenters. The first-order chi connectivity index (χ1) is 14.0. The summed E-state index contributed by atoms with van der Waals surface area (Å²) in [6.07, 6.45) is -2.15.